The molecule has 112 valence electrons. The van der Waals surface area contributed by atoms with Crippen LogP contribution in [0.25, 0.3) is 0 Å². The van der Waals surface area contributed by atoms with Crippen LogP contribution in [0, 0.1) is 6.92 Å². The van der Waals surface area contributed by atoms with Crippen molar-refractivity contribution in [3.8, 4) is 0 Å². The highest BCUT2D eigenvalue weighted by Gasteiger charge is 2.29. The molecule has 1 N–H and O–H groups in total. The number of hydrogen-bond donors (Lipinski definition) is 1. The van der Waals surface area contributed by atoms with Crippen molar-refractivity contribution in [1.29, 1.82) is 0 Å². The van der Waals surface area contributed by atoms with Crippen LogP contribution in [0.5, 0.6) is 0 Å². The lowest BCUT2D eigenvalue weighted by Crippen LogP contribution is -2.19. The molecule has 2 aromatic carbocycles. The summed E-state index contributed by atoms with van der Waals surface area (Å²) in [6, 6.07) is 13.5. The second-order valence-corrected chi connectivity index (χ2v) is 5.15. The Morgan fingerprint density at radius 3 is 2.19 bits per heavy atom. The van der Waals surface area contributed by atoms with Gasteiger partial charge in [-0.25, -0.2) is 0 Å². The fraction of sp³-hybridized carbons (Fsp3) is 0.294. The summed E-state index contributed by atoms with van der Waals surface area (Å²) in [4.78, 5) is 0. The standard InChI is InChI=1S/C17H18F3N/c1-12-5-3-4-6-16(12)13(2)21-11-14-7-9-15(10-8-14)17(18,19)20/h3-10,13,21H,11H2,1-2H3/t13-/m1/s1. The zero-order valence-electron chi connectivity index (χ0n) is 12.0. The van der Waals surface area contributed by atoms with Gasteiger partial charge < -0.3 is 5.32 Å². The number of alkyl halides is 3. The molecule has 4 heteroatoms. The van der Waals surface area contributed by atoms with Gasteiger partial charge in [0, 0.05) is 12.6 Å². The predicted octanol–water partition coefficient (Wildman–Crippen LogP) is 4.86. The van der Waals surface area contributed by atoms with Crippen molar-refractivity contribution >= 4 is 0 Å². The van der Waals surface area contributed by atoms with Crippen LogP contribution in [0.15, 0.2) is 48.5 Å². The van der Waals surface area contributed by atoms with Crippen LogP contribution >= 0.6 is 0 Å². The van der Waals surface area contributed by atoms with Crippen molar-refractivity contribution in [2.24, 2.45) is 0 Å². The SMILES string of the molecule is Cc1ccccc1[C@@H](C)NCc1ccc(C(F)(F)F)cc1. The molecular formula is C17H18F3N. The van der Waals surface area contributed by atoms with Gasteiger partial charge in [0.05, 0.1) is 5.56 Å². The van der Waals surface area contributed by atoms with Gasteiger partial charge in [-0.1, -0.05) is 36.4 Å². The fourth-order valence-electron chi connectivity index (χ4n) is 2.27. The Kier molecular flexibility index (Phi) is 4.68. The Morgan fingerprint density at radius 1 is 1.00 bits per heavy atom. The van der Waals surface area contributed by atoms with Crippen molar-refractivity contribution < 1.29 is 13.2 Å². The third-order valence-corrected chi connectivity index (χ3v) is 3.55. The Bertz CT molecular complexity index is 588. The Labute approximate surface area is 122 Å². The highest BCUT2D eigenvalue weighted by atomic mass is 19.4. The summed E-state index contributed by atoms with van der Waals surface area (Å²) in [6.07, 6.45) is -4.28. The second kappa shape index (κ2) is 6.31. The van der Waals surface area contributed by atoms with Crippen LogP contribution in [0.2, 0.25) is 0 Å². The van der Waals surface area contributed by atoms with E-state index < -0.39 is 11.7 Å². The van der Waals surface area contributed by atoms with Gasteiger partial charge in [-0.05, 0) is 42.7 Å². The quantitative estimate of drug-likeness (QED) is 0.848. The molecule has 0 amide bonds. The lowest BCUT2D eigenvalue weighted by atomic mass is 10.0. The van der Waals surface area contributed by atoms with E-state index in [0.29, 0.717) is 6.54 Å². The summed E-state index contributed by atoms with van der Waals surface area (Å²) in [5.41, 5.74) is 2.62. The van der Waals surface area contributed by atoms with Crippen molar-refractivity contribution in [2.45, 2.75) is 32.6 Å². The van der Waals surface area contributed by atoms with Crippen LogP contribution in [0.3, 0.4) is 0 Å². The Morgan fingerprint density at radius 2 is 1.62 bits per heavy atom. The van der Waals surface area contributed by atoms with Gasteiger partial charge >= 0.3 is 6.18 Å². The van der Waals surface area contributed by atoms with E-state index in [1.165, 1.54) is 23.3 Å². The summed E-state index contributed by atoms with van der Waals surface area (Å²) >= 11 is 0. The molecule has 0 aliphatic heterocycles. The van der Waals surface area contributed by atoms with E-state index >= 15 is 0 Å². The molecule has 0 aromatic heterocycles. The molecule has 2 aromatic rings. The number of halogens is 3. The predicted molar refractivity (Wildman–Crippen MR) is 77.9 cm³/mol. The minimum absolute atomic E-state index is 0.147. The average Bonchev–Trinajstić information content (AvgIpc) is 2.45. The van der Waals surface area contributed by atoms with Crippen molar-refractivity contribution in [1.82, 2.24) is 5.32 Å². The minimum atomic E-state index is -4.28. The summed E-state index contributed by atoms with van der Waals surface area (Å²) in [7, 11) is 0. The molecule has 0 heterocycles. The van der Waals surface area contributed by atoms with E-state index in [1.54, 1.807) is 0 Å². The molecule has 0 aliphatic rings. The van der Waals surface area contributed by atoms with Crippen molar-refractivity contribution in [2.75, 3.05) is 0 Å². The summed E-state index contributed by atoms with van der Waals surface area (Å²) in [5, 5.41) is 3.33. The van der Waals surface area contributed by atoms with Gasteiger partial charge in [0.25, 0.3) is 0 Å². The zero-order valence-corrected chi connectivity index (χ0v) is 12.0. The topological polar surface area (TPSA) is 12.0 Å². The van der Waals surface area contributed by atoms with Gasteiger partial charge in [-0.15, -0.1) is 0 Å². The number of benzene rings is 2. The molecule has 1 atom stereocenters. The number of aryl methyl sites for hydroxylation is 1. The monoisotopic (exact) mass is 293 g/mol. The van der Waals surface area contributed by atoms with E-state index in [9.17, 15) is 13.2 Å². The molecule has 0 fully saturated rings. The van der Waals surface area contributed by atoms with E-state index in [2.05, 4.69) is 11.4 Å². The second-order valence-electron chi connectivity index (χ2n) is 5.15. The van der Waals surface area contributed by atoms with Crippen LogP contribution in [-0.2, 0) is 12.7 Å². The van der Waals surface area contributed by atoms with Gasteiger partial charge in [-0.2, -0.15) is 13.2 Å². The number of nitrogens with one attached hydrogen (secondary N) is 1. The van der Waals surface area contributed by atoms with E-state index in [1.807, 2.05) is 32.0 Å². The van der Waals surface area contributed by atoms with Crippen LogP contribution in [0.4, 0.5) is 13.2 Å². The largest absolute Gasteiger partial charge is 0.416 e. The Balaban J connectivity index is 1.99. The highest BCUT2D eigenvalue weighted by Crippen LogP contribution is 2.29. The molecule has 0 saturated heterocycles. The number of hydrogen-bond acceptors (Lipinski definition) is 1. The molecule has 0 spiro atoms. The minimum Gasteiger partial charge on any atom is -0.306 e. The van der Waals surface area contributed by atoms with Crippen molar-refractivity contribution in [3.63, 3.8) is 0 Å². The molecule has 1 nitrogen and oxygen atoms in total. The molecule has 0 saturated carbocycles. The van der Waals surface area contributed by atoms with Crippen LogP contribution < -0.4 is 5.32 Å². The average molecular weight is 293 g/mol. The maximum absolute atomic E-state index is 12.5. The lowest BCUT2D eigenvalue weighted by Gasteiger charge is -2.17. The van der Waals surface area contributed by atoms with E-state index in [0.717, 1.165) is 17.7 Å². The smallest absolute Gasteiger partial charge is 0.306 e. The summed E-state index contributed by atoms with van der Waals surface area (Å²) < 4.78 is 37.5. The van der Waals surface area contributed by atoms with E-state index in [4.69, 9.17) is 0 Å². The van der Waals surface area contributed by atoms with Crippen LogP contribution in [0.1, 0.15) is 35.2 Å². The molecule has 2 rings (SSSR count). The maximum atomic E-state index is 12.5. The van der Waals surface area contributed by atoms with Crippen LogP contribution in [-0.4, -0.2) is 0 Å². The first kappa shape index (κ1) is 15.6. The molecule has 21 heavy (non-hydrogen) atoms. The van der Waals surface area contributed by atoms with Gasteiger partial charge in [0.1, 0.15) is 0 Å². The lowest BCUT2D eigenvalue weighted by molar-refractivity contribution is -0.137. The van der Waals surface area contributed by atoms with Gasteiger partial charge in [0.2, 0.25) is 0 Å². The third kappa shape index (κ3) is 4.08. The normalized spacial score (nSPS) is 13.2. The third-order valence-electron chi connectivity index (χ3n) is 3.55. The van der Waals surface area contributed by atoms with E-state index in [-0.39, 0.29) is 6.04 Å². The first-order valence-corrected chi connectivity index (χ1v) is 6.83. The molecule has 0 aliphatic carbocycles. The number of rotatable bonds is 4. The first-order chi connectivity index (χ1) is 9.88. The first-order valence-electron chi connectivity index (χ1n) is 6.83. The summed E-state index contributed by atoms with van der Waals surface area (Å²) in [5.74, 6) is 0. The fourth-order valence-corrected chi connectivity index (χ4v) is 2.27. The Hall–Kier alpha value is -1.81. The highest BCUT2D eigenvalue weighted by molar-refractivity contribution is 5.29. The molecule has 0 bridgehead atoms. The summed E-state index contributed by atoms with van der Waals surface area (Å²) in [6.45, 7) is 4.63. The zero-order chi connectivity index (χ0) is 15.5. The van der Waals surface area contributed by atoms with Gasteiger partial charge in [-0.3, -0.25) is 0 Å². The molecular weight excluding hydrogens is 275 g/mol. The maximum Gasteiger partial charge on any atom is 0.416 e. The van der Waals surface area contributed by atoms with Crippen molar-refractivity contribution in [3.05, 3.63) is 70.8 Å². The molecule has 0 radical (unpaired) electrons. The molecule has 0 unspecified atom stereocenters. The van der Waals surface area contributed by atoms with Gasteiger partial charge in [0.15, 0.2) is 0 Å².